The van der Waals surface area contributed by atoms with E-state index in [0.29, 0.717) is 12.8 Å². The standard InChI is InChI=1S/C26H25NO4/c28-21-12-8-18(9-13-21)23(19-10-14-22(29)15-11-19)6-3-7-24(20-4-1-2-5-20)27-25(30)16-17-26(27)31/h1-2,4-6,8-15,20,24,28-29H,3,7,16-17H2. The van der Waals surface area contributed by atoms with Crippen molar-refractivity contribution in [2.75, 3.05) is 0 Å². The van der Waals surface area contributed by atoms with Crippen molar-refractivity contribution >= 4 is 17.4 Å². The van der Waals surface area contributed by atoms with E-state index < -0.39 is 0 Å². The van der Waals surface area contributed by atoms with Gasteiger partial charge in [-0.3, -0.25) is 14.5 Å². The first-order chi connectivity index (χ1) is 15.0. The van der Waals surface area contributed by atoms with Crippen molar-refractivity contribution < 1.29 is 19.8 Å². The number of nitrogens with zero attached hydrogens (tertiary/aromatic N) is 1. The molecule has 31 heavy (non-hydrogen) atoms. The van der Waals surface area contributed by atoms with Crippen LogP contribution in [0.5, 0.6) is 11.5 Å². The van der Waals surface area contributed by atoms with Crippen molar-refractivity contribution in [2.45, 2.75) is 31.7 Å². The van der Waals surface area contributed by atoms with E-state index in [0.717, 1.165) is 16.7 Å². The number of imide groups is 1. The van der Waals surface area contributed by atoms with E-state index in [-0.39, 0.29) is 48.1 Å². The van der Waals surface area contributed by atoms with Crippen molar-refractivity contribution in [3.8, 4) is 11.5 Å². The maximum absolute atomic E-state index is 12.4. The monoisotopic (exact) mass is 415 g/mol. The summed E-state index contributed by atoms with van der Waals surface area (Å²) in [5.41, 5.74) is 2.85. The van der Waals surface area contributed by atoms with Crippen molar-refractivity contribution in [1.82, 2.24) is 4.90 Å². The number of likely N-dealkylation sites (tertiary alicyclic amines) is 1. The molecule has 0 saturated carbocycles. The number of amides is 2. The Morgan fingerprint density at radius 2 is 1.35 bits per heavy atom. The molecule has 1 unspecified atom stereocenters. The Morgan fingerprint density at radius 3 is 1.84 bits per heavy atom. The van der Waals surface area contributed by atoms with Gasteiger partial charge in [0.25, 0.3) is 0 Å². The van der Waals surface area contributed by atoms with Gasteiger partial charge in [0.2, 0.25) is 11.8 Å². The van der Waals surface area contributed by atoms with Gasteiger partial charge < -0.3 is 10.2 Å². The summed E-state index contributed by atoms with van der Waals surface area (Å²) in [4.78, 5) is 26.2. The van der Waals surface area contributed by atoms with Gasteiger partial charge in [0.1, 0.15) is 11.5 Å². The molecule has 1 saturated heterocycles. The number of benzene rings is 2. The van der Waals surface area contributed by atoms with Crippen LogP contribution in [-0.4, -0.2) is 33.0 Å². The van der Waals surface area contributed by atoms with Gasteiger partial charge in [0.15, 0.2) is 0 Å². The number of carbonyl (C=O) groups excluding carboxylic acids is 2. The van der Waals surface area contributed by atoms with E-state index in [1.165, 1.54) is 4.90 Å². The summed E-state index contributed by atoms with van der Waals surface area (Å²) in [7, 11) is 0. The fourth-order valence-electron chi connectivity index (χ4n) is 4.25. The minimum Gasteiger partial charge on any atom is -0.508 e. The molecule has 0 spiro atoms. The zero-order chi connectivity index (χ0) is 21.8. The van der Waals surface area contributed by atoms with Gasteiger partial charge in [-0.2, -0.15) is 0 Å². The van der Waals surface area contributed by atoms with Crippen molar-refractivity contribution in [1.29, 1.82) is 0 Å². The molecule has 2 N–H and O–H groups in total. The molecule has 5 nitrogen and oxygen atoms in total. The van der Waals surface area contributed by atoms with E-state index in [2.05, 4.69) is 6.08 Å². The van der Waals surface area contributed by atoms with Gasteiger partial charge in [0.05, 0.1) is 0 Å². The van der Waals surface area contributed by atoms with Crippen LogP contribution in [0.15, 0.2) is 78.9 Å². The Bertz CT molecular complexity index is 972. The topological polar surface area (TPSA) is 77.8 Å². The fraction of sp³-hybridized carbons (Fsp3) is 0.231. The van der Waals surface area contributed by atoms with Gasteiger partial charge in [-0.15, -0.1) is 0 Å². The first-order valence-electron chi connectivity index (χ1n) is 10.5. The molecule has 158 valence electrons. The lowest BCUT2D eigenvalue weighted by atomic mass is 9.92. The van der Waals surface area contributed by atoms with Crippen LogP contribution in [0.25, 0.3) is 5.57 Å². The first-order valence-corrected chi connectivity index (χ1v) is 10.5. The Labute approximate surface area is 181 Å². The fourth-order valence-corrected chi connectivity index (χ4v) is 4.25. The van der Waals surface area contributed by atoms with E-state index in [1.54, 1.807) is 24.3 Å². The highest BCUT2D eigenvalue weighted by molar-refractivity contribution is 6.02. The summed E-state index contributed by atoms with van der Waals surface area (Å²) in [6.07, 6.45) is 12.0. The summed E-state index contributed by atoms with van der Waals surface area (Å²) in [6, 6.07) is 13.8. The molecule has 1 atom stereocenters. The number of carbonyl (C=O) groups is 2. The number of hydrogen-bond acceptors (Lipinski definition) is 4. The third kappa shape index (κ3) is 4.61. The summed E-state index contributed by atoms with van der Waals surface area (Å²) in [5.74, 6) is 0.236. The third-order valence-corrected chi connectivity index (χ3v) is 5.81. The van der Waals surface area contributed by atoms with Gasteiger partial charge in [-0.25, -0.2) is 0 Å². The average Bonchev–Trinajstić information content (AvgIpc) is 3.41. The van der Waals surface area contributed by atoms with E-state index in [1.807, 2.05) is 48.6 Å². The lowest BCUT2D eigenvalue weighted by Gasteiger charge is -2.29. The van der Waals surface area contributed by atoms with Gasteiger partial charge in [-0.05, 0) is 53.8 Å². The highest BCUT2D eigenvalue weighted by Gasteiger charge is 2.37. The molecular formula is C26H25NO4. The minimum absolute atomic E-state index is 0.0326. The number of phenols is 2. The lowest BCUT2D eigenvalue weighted by molar-refractivity contribution is -0.141. The first kappa shape index (κ1) is 20.7. The van der Waals surface area contributed by atoms with Crippen molar-refractivity contribution in [2.24, 2.45) is 5.92 Å². The smallest absolute Gasteiger partial charge is 0.229 e. The molecule has 2 aliphatic rings. The Hall–Kier alpha value is -3.60. The second-order valence-electron chi connectivity index (χ2n) is 7.86. The Morgan fingerprint density at radius 1 is 0.871 bits per heavy atom. The predicted octanol–water partition coefficient (Wildman–Crippen LogP) is 4.57. The molecule has 5 heteroatoms. The largest absolute Gasteiger partial charge is 0.508 e. The maximum atomic E-state index is 12.4. The van der Waals surface area contributed by atoms with Crippen LogP contribution in [-0.2, 0) is 9.59 Å². The van der Waals surface area contributed by atoms with Crippen LogP contribution in [0.2, 0.25) is 0 Å². The number of hydrogen-bond donors (Lipinski definition) is 2. The number of allylic oxidation sites excluding steroid dienone is 3. The van der Waals surface area contributed by atoms with Crippen LogP contribution in [0, 0.1) is 5.92 Å². The predicted molar refractivity (Wildman–Crippen MR) is 119 cm³/mol. The van der Waals surface area contributed by atoms with Crippen LogP contribution in [0.1, 0.15) is 36.8 Å². The maximum Gasteiger partial charge on any atom is 0.229 e. The normalized spacial score (nSPS) is 16.8. The molecule has 1 aliphatic carbocycles. The molecule has 2 aromatic rings. The van der Waals surface area contributed by atoms with Crippen LogP contribution < -0.4 is 0 Å². The lowest BCUT2D eigenvalue weighted by Crippen LogP contribution is -2.42. The van der Waals surface area contributed by atoms with E-state index in [4.69, 9.17) is 0 Å². The van der Waals surface area contributed by atoms with Gasteiger partial charge in [0, 0.05) is 24.8 Å². The molecule has 1 heterocycles. The molecule has 1 aliphatic heterocycles. The summed E-state index contributed by atoms with van der Waals surface area (Å²) in [6.45, 7) is 0. The van der Waals surface area contributed by atoms with Crippen molar-refractivity contribution in [3.05, 3.63) is 90.0 Å². The molecule has 2 aromatic carbocycles. The molecule has 1 fully saturated rings. The van der Waals surface area contributed by atoms with Crippen LogP contribution in [0.4, 0.5) is 0 Å². The Balaban J connectivity index is 1.61. The molecule has 4 rings (SSSR count). The highest BCUT2D eigenvalue weighted by Crippen LogP contribution is 2.31. The molecule has 0 radical (unpaired) electrons. The SMILES string of the molecule is O=C1CCC(=O)N1C(CCC=C(c1ccc(O)cc1)c1ccc(O)cc1)C1C=CC=C1. The zero-order valence-electron chi connectivity index (χ0n) is 17.1. The van der Waals surface area contributed by atoms with Crippen LogP contribution >= 0.6 is 0 Å². The van der Waals surface area contributed by atoms with Crippen molar-refractivity contribution in [3.63, 3.8) is 0 Å². The molecule has 0 bridgehead atoms. The highest BCUT2D eigenvalue weighted by atomic mass is 16.3. The van der Waals surface area contributed by atoms with E-state index >= 15 is 0 Å². The van der Waals surface area contributed by atoms with Gasteiger partial charge >= 0.3 is 0 Å². The molecular weight excluding hydrogens is 390 g/mol. The summed E-state index contributed by atoms with van der Waals surface area (Å²) < 4.78 is 0. The zero-order valence-corrected chi connectivity index (χ0v) is 17.1. The number of phenolic OH excluding ortho intramolecular Hbond substituents is 2. The summed E-state index contributed by atoms with van der Waals surface area (Å²) in [5, 5.41) is 19.3. The van der Waals surface area contributed by atoms with Gasteiger partial charge in [-0.1, -0.05) is 54.6 Å². The Kier molecular flexibility index (Phi) is 6.03. The molecule has 0 aromatic heterocycles. The van der Waals surface area contributed by atoms with E-state index in [9.17, 15) is 19.8 Å². The second-order valence-corrected chi connectivity index (χ2v) is 7.86. The molecule has 2 amide bonds. The minimum atomic E-state index is -0.199. The average molecular weight is 415 g/mol. The van der Waals surface area contributed by atoms with Crippen LogP contribution in [0.3, 0.4) is 0 Å². The second kappa shape index (κ2) is 9.04. The third-order valence-electron chi connectivity index (χ3n) is 5.81. The number of rotatable bonds is 7. The number of aromatic hydroxyl groups is 2. The summed E-state index contributed by atoms with van der Waals surface area (Å²) >= 11 is 0. The quantitative estimate of drug-likeness (QED) is 0.650.